The molecule has 112 valence electrons. The van der Waals surface area contributed by atoms with Gasteiger partial charge in [-0.3, -0.25) is 0 Å². The molecular weight excluding hydrogens is 235 g/mol. The van der Waals surface area contributed by atoms with Gasteiger partial charge in [0.25, 0.3) is 0 Å². The lowest BCUT2D eigenvalue weighted by Crippen LogP contribution is -2.08. The van der Waals surface area contributed by atoms with Crippen LogP contribution < -0.4 is 0 Å². The first-order chi connectivity index (χ1) is 8.99. The highest BCUT2D eigenvalue weighted by molar-refractivity contribution is 5.26. The zero-order valence-corrected chi connectivity index (χ0v) is 13.9. The maximum absolute atomic E-state index is 12.6. The Morgan fingerprint density at radius 1 is 0.895 bits per heavy atom. The van der Waals surface area contributed by atoms with Crippen molar-refractivity contribution in [1.29, 1.82) is 0 Å². The van der Waals surface area contributed by atoms with Crippen LogP contribution in [-0.2, 0) is 0 Å². The van der Waals surface area contributed by atoms with Gasteiger partial charge in [0.1, 0.15) is 5.83 Å². The minimum absolute atomic E-state index is 0.0289. The van der Waals surface area contributed by atoms with E-state index in [1.165, 1.54) is 25.7 Å². The van der Waals surface area contributed by atoms with Crippen molar-refractivity contribution in [1.82, 2.24) is 0 Å². The highest BCUT2D eigenvalue weighted by atomic mass is 19.1. The first-order valence-corrected chi connectivity index (χ1v) is 8.01. The van der Waals surface area contributed by atoms with E-state index in [1.54, 1.807) is 6.08 Å². The number of hydrogen-bond donors (Lipinski definition) is 0. The Balaban J connectivity index is 0.000000303. The summed E-state index contributed by atoms with van der Waals surface area (Å²) >= 11 is 0. The van der Waals surface area contributed by atoms with Gasteiger partial charge < -0.3 is 0 Å². The van der Waals surface area contributed by atoms with E-state index in [0.717, 1.165) is 35.8 Å². The van der Waals surface area contributed by atoms with Crippen LogP contribution in [0, 0.1) is 11.8 Å². The van der Waals surface area contributed by atoms with Crippen LogP contribution in [0.2, 0.25) is 0 Å². The average molecular weight is 268 g/mol. The van der Waals surface area contributed by atoms with Crippen molar-refractivity contribution in [2.45, 2.75) is 80.1 Å². The van der Waals surface area contributed by atoms with E-state index in [4.69, 9.17) is 0 Å². The average Bonchev–Trinajstić information content (AvgIpc) is 2.41. The Bertz CT molecular complexity index is 281. The van der Waals surface area contributed by atoms with Gasteiger partial charge in [-0.1, -0.05) is 59.0 Å². The number of hydrogen-bond acceptors (Lipinski definition) is 0. The quantitative estimate of drug-likeness (QED) is 0.451. The molecular formula is C18H33F. The van der Waals surface area contributed by atoms with Crippen molar-refractivity contribution < 1.29 is 4.39 Å². The Hall–Kier alpha value is -0.590. The van der Waals surface area contributed by atoms with Gasteiger partial charge in [-0.25, -0.2) is 4.39 Å². The fourth-order valence-electron chi connectivity index (χ4n) is 2.34. The second-order valence-corrected chi connectivity index (χ2v) is 5.98. The predicted octanol–water partition coefficient (Wildman–Crippen LogP) is 6.83. The van der Waals surface area contributed by atoms with Crippen LogP contribution in [0.1, 0.15) is 80.1 Å². The topological polar surface area (TPSA) is 0 Å². The molecule has 0 aromatic heterocycles. The van der Waals surface area contributed by atoms with Crippen LogP contribution in [-0.4, -0.2) is 0 Å². The molecule has 1 fully saturated rings. The van der Waals surface area contributed by atoms with Gasteiger partial charge in [0, 0.05) is 0 Å². The van der Waals surface area contributed by atoms with Crippen LogP contribution in [0.4, 0.5) is 4.39 Å². The van der Waals surface area contributed by atoms with Crippen LogP contribution in [0.3, 0.4) is 0 Å². The summed E-state index contributed by atoms with van der Waals surface area (Å²) in [4.78, 5) is 0. The molecule has 2 aliphatic rings. The second-order valence-electron chi connectivity index (χ2n) is 5.98. The number of rotatable bonds is 0. The molecule has 19 heavy (non-hydrogen) atoms. The number of allylic oxidation sites excluding steroid dienone is 4. The molecule has 0 saturated heterocycles. The van der Waals surface area contributed by atoms with Crippen LogP contribution in [0.15, 0.2) is 23.0 Å². The number of halogens is 1. The molecule has 0 bridgehead atoms. The SMILES string of the molecule is CC.CC1=CC(F)=C(C)CC1.CC1CCC(C)CC1. The van der Waals surface area contributed by atoms with Crippen molar-refractivity contribution in [3.8, 4) is 0 Å². The van der Waals surface area contributed by atoms with Gasteiger partial charge >= 0.3 is 0 Å². The highest BCUT2D eigenvalue weighted by Crippen LogP contribution is 2.27. The van der Waals surface area contributed by atoms with Gasteiger partial charge in [-0.15, -0.1) is 0 Å². The zero-order valence-electron chi connectivity index (χ0n) is 13.9. The highest BCUT2D eigenvalue weighted by Gasteiger charge is 2.13. The Kier molecular flexibility index (Phi) is 9.91. The first-order valence-electron chi connectivity index (χ1n) is 8.01. The molecule has 0 aliphatic heterocycles. The Labute approximate surface area is 120 Å². The second kappa shape index (κ2) is 10.2. The fraction of sp³-hybridized carbons (Fsp3) is 0.778. The van der Waals surface area contributed by atoms with Crippen molar-refractivity contribution in [2.75, 3.05) is 0 Å². The molecule has 0 N–H and O–H groups in total. The van der Waals surface area contributed by atoms with Crippen molar-refractivity contribution in [3.63, 3.8) is 0 Å². The summed E-state index contributed by atoms with van der Waals surface area (Å²) in [6.07, 6.45) is 9.44. The van der Waals surface area contributed by atoms with E-state index in [-0.39, 0.29) is 5.83 Å². The molecule has 0 atom stereocenters. The normalized spacial score (nSPS) is 26.6. The van der Waals surface area contributed by atoms with E-state index in [0.29, 0.717) is 0 Å². The maximum atomic E-state index is 12.6. The molecule has 1 saturated carbocycles. The molecule has 0 spiro atoms. The largest absolute Gasteiger partial charge is 0.207 e. The predicted molar refractivity (Wildman–Crippen MR) is 84.9 cm³/mol. The molecule has 0 heterocycles. The molecule has 0 amide bonds. The van der Waals surface area contributed by atoms with Crippen molar-refractivity contribution in [3.05, 3.63) is 23.0 Å². The van der Waals surface area contributed by atoms with Crippen molar-refractivity contribution >= 4 is 0 Å². The lowest BCUT2D eigenvalue weighted by molar-refractivity contribution is 0.308. The van der Waals surface area contributed by atoms with E-state index in [1.807, 2.05) is 27.7 Å². The minimum atomic E-state index is -0.0289. The summed E-state index contributed by atoms with van der Waals surface area (Å²) in [7, 11) is 0. The zero-order chi connectivity index (χ0) is 14.8. The fourth-order valence-corrected chi connectivity index (χ4v) is 2.34. The van der Waals surface area contributed by atoms with E-state index in [9.17, 15) is 4.39 Å². The molecule has 0 aromatic rings. The van der Waals surface area contributed by atoms with E-state index >= 15 is 0 Å². The monoisotopic (exact) mass is 268 g/mol. The van der Waals surface area contributed by atoms with Crippen LogP contribution in [0.25, 0.3) is 0 Å². The molecule has 0 radical (unpaired) electrons. The molecule has 0 nitrogen and oxygen atoms in total. The lowest BCUT2D eigenvalue weighted by atomic mass is 9.84. The van der Waals surface area contributed by atoms with Gasteiger partial charge in [-0.05, 0) is 50.2 Å². The molecule has 1 heteroatoms. The summed E-state index contributed by atoms with van der Waals surface area (Å²) in [5.74, 6) is 2.01. The molecule has 0 unspecified atom stereocenters. The van der Waals surface area contributed by atoms with Gasteiger partial charge in [0.2, 0.25) is 0 Å². The summed E-state index contributed by atoms with van der Waals surface area (Å²) in [6.45, 7) is 12.5. The smallest absolute Gasteiger partial charge is 0.122 e. The lowest BCUT2D eigenvalue weighted by Gasteiger charge is -2.22. The summed E-state index contributed by atoms with van der Waals surface area (Å²) in [6, 6.07) is 0. The van der Waals surface area contributed by atoms with Gasteiger partial charge in [-0.2, -0.15) is 0 Å². The Morgan fingerprint density at radius 2 is 1.32 bits per heavy atom. The third kappa shape index (κ3) is 8.23. The van der Waals surface area contributed by atoms with E-state index < -0.39 is 0 Å². The first kappa shape index (κ1) is 18.4. The molecule has 0 aromatic carbocycles. The van der Waals surface area contributed by atoms with Gasteiger partial charge in [0.15, 0.2) is 0 Å². The summed E-state index contributed by atoms with van der Waals surface area (Å²) < 4.78 is 12.6. The third-order valence-corrected chi connectivity index (χ3v) is 3.98. The van der Waals surface area contributed by atoms with E-state index in [2.05, 4.69) is 13.8 Å². The van der Waals surface area contributed by atoms with Crippen molar-refractivity contribution in [2.24, 2.45) is 11.8 Å². The summed E-state index contributed by atoms with van der Waals surface area (Å²) in [5, 5.41) is 0. The molecule has 2 aliphatic carbocycles. The van der Waals surface area contributed by atoms with Gasteiger partial charge in [0.05, 0.1) is 0 Å². The summed E-state index contributed by atoms with van der Waals surface area (Å²) in [5.41, 5.74) is 2.04. The van der Waals surface area contributed by atoms with Crippen LogP contribution >= 0.6 is 0 Å². The maximum Gasteiger partial charge on any atom is 0.122 e. The Morgan fingerprint density at radius 3 is 1.63 bits per heavy atom. The minimum Gasteiger partial charge on any atom is -0.207 e. The third-order valence-electron chi connectivity index (χ3n) is 3.98. The van der Waals surface area contributed by atoms with Crippen LogP contribution in [0.5, 0.6) is 0 Å². The molecule has 2 rings (SSSR count). The standard InChI is InChI=1S/C8H11F.C8H16.C2H6/c1-6-3-4-7(2)8(9)5-6;1-7-3-5-8(2)6-4-7;1-2/h5H,3-4H2,1-2H3;7-8H,3-6H2,1-2H3;1-2H3.